The molecule has 1 unspecified atom stereocenters. The summed E-state index contributed by atoms with van der Waals surface area (Å²) < 4.78 is 0. The number of rotatable bonds is 5. The van der Waals surface area contributed by atoms with E-state index < -0.39 is 0 Å². The molecule has 0 bridgehead atoms. The third-order valence-corrected chi connectivity index (χ3v) is 6.55. The lowest BCUT2D eigenvalue weighted by Gasteiger charge is -2.37. The predicted octanol–water partition coefficient (Wildman–Crippen LogP) is 1.93. The number of aliphatic imine (C=N–C) groups is 1. The Labute approximate surface area is 200 Å². The van der Waals surface area contributed by atoms with Crippen molar-refractivity contribution >= 4 is 35.8 Å². The first kappa shape index (κ1) is 25.6. The molecule has 3 saturated heterocycles. The van der Waals surface area contributed by atoms with Gasteiger partial charge in [-0.1, -0.05) is 12.8 Å². The van der Waals surface area contributed by atoms with Crippen LogP contribution in [0.2, 0.25) is 0 Å². The standard InChI is InChI=1S/C22H42N6O.HI/c1-3-23-22(24-17-20-9-8-10-25(2)18-20)28-15-13-26(14-16-28)19-21(29)27-11-6-4-5-7-12-27;/h20H,3-19H2,1-2H3,(H,23,24);1H. The number of carbonyl (C=O) groups is 1. The molecule has 0 saturated carbocycles. The van der Waals surface area contributed by atoms with Crippen LogP contribution in [0.5, 0.6) is 0 Å². The monoisotopic (exact) mass is 534 g/mol. The molecule has 1 atom stereocenters. The lowest BCUT2D eigenvalue weighted by molar-refractivity contribution is -0.132. The molecule has 0 spiro atoms. The number of halogens is 1. The van der Waals surface area contributed by atoms with Crippen LogP contribution in [0.3, 0.4) is 0 Å². The third-order valence-electron chi connectivity index (χ3n) is 6.55. The zero-order chi connectivity index (χ0) is 20.5. The van der Waals surface area contributed by atoms with Gasteiger partial charge in [0.25, 0.3) is 0 Å². The summed E-state index contributed by atoms with van der Waals surface area (Å²) in [6, 6.07) is 0. The van der Waals surface area contributed by atoms with E-state index in [1.807, 2.05) is 0 Å². The zero-order valence-electron chi connectivity index (χ0n) is 19.2. The molecular formula is C22H43IN6O. The van der Waals surface area contributed by atoms with E-state index in [1.54, 1.807) is 0 Å². The average Bonchev–Trinajstić information content (AvgIpc) is 3.01. The van der Waals surface area contributed by atoms with Gasteiger partial charge >= 0.3 is 0 Å². The SMILES string of the molecule is CCNC(=NCC1CCCN(C)C1)N1CCN(CC(=O)N2CCCCCC2)CC1.I. The van der Waals surface area contributed by atoms with Gasteiger partial charge in [-0.2, -0.15) is 0 Å². The van der Waals surface area contributed by atoms with Crippen LogP contribution < -0.4 is 5.32 Å². The molecule has 3 heterocycles. The first-order valence-electron chi connectivity index (χ1n) is 11.9. The van der Waals surface area contributed by atoms with Crippen molar-refractivity contribution in [2.45, 2.75) is 45.4 Å². The predicted molar refractivity (Wildman–Crippen MR) is 135 cm³/mol. The summed E-state index contributed by atoms with van der Waals surface area (Å²) in [6.45, 7) is 12.6. The van der Waals surface area contributed by atoms with E-state index in [2.05, 4.69) is 38.9 Å². The van der Waals surface area contributed by atoms with Crippen molar-refractivity contribution in [3.8, 4) is 0 Å². The number of carbonyl (C=O) groups excluding carboxylic acids is 1. The summed E-state index contributed by atoms with van der Waals surface area (Å²) in [7, 11) is 2.22. The molecule has 1 N–H and O–H groups in total. The van der Waals surface area contributed by atoms with Crippen molar-refractivity contribution in [3.05, 3.63) is 0 Å². The number of guanidine groups is 1. The van der Waals surface area contributed by atoms with E-state index in [0.717, 1.165) is 64.9 Å². The quantitative estimate of drug-likeness (QED) is 0.332. The van der Waals surface area contributed by atoms with Gasteiger partial charge in [0.15, 0.2) is 5.96 Å². The van der Waals surface area contributed by atoms with E-state index in [9.17, 15) is 4.79 Å². The number of hydrogen-bond donors (Lipinski definition) is 1. The Morgan fingerprint density at radius 2 is 1.63 bits per heavy atom. The molecule has 3 aliphatic rings. The van der Waals surface area contributed by atoms with Crippen molar-refractivity contribution in [2.75, 3.05) is 79.0 Å². The summed E-state index contributed by atoms with van der Waals surface area (Å²) in [5.74, 6) is 2.05. The molecule has 8 heteroatoms. The molecule has 3 fully saturated rings. The maximum absolute atomic E-state index is 12.7. The Morgan fingerprint density at radius 3 is 2.27 bits per heavy atom. The number of amides is 1. The first-order valence-corrected chi connectivity index (χ1v) is 11.9. The topological polar surface area (TPSA) is 54.4 Å². The molecule has 0 aromatic rings. The average molecular weight is 535 g/mol. The van der Waals surface area contributed by atoms with E-state index in [0.29, 0.717) is 18.4 Å². The maximum atomic E-state index is 12.7. The molecule has 174 valence electrons. The van der Waals surface area contributed by atoms with Gasteiger partial charge in [0.2, 0.25) is 5.91 Å². The normalized spacial score (nSPS) is 24.9. The number of nitrogens with one attached hydrogen (secondary N) is 1. The summed E-state index contributed by atoms with van der Waals surface area (Å²) >= 11 is 0. The molecule has 30 heavy (non-hydrogen) atoms. The Bertz CT molecular complexity index is 530. The van der Waals surface area contributed by atoms with Gasteiger partial charge < -0.3 is 20.0 Å². The van der Waals surface area contributed by atoms with Crippen molar-refractivity contribution < 1.29 is 4.79 Å². The minimum Gasteiger partial charge on any atom is -0.357 e. The van der Waals surface area contributed by atoms with Crippen molar-refractivity contribution in [1.29, 1.82) is 0 Å². The van der Waals surface area contributed by atoms with Crippen LogP contribution in [0.25, 0.3) is 0 Å². The van der Waals surface area contributed by atoms with E-state index in [4.69, 9.17) is 4.99 Å². The summed E-state index contributed by atoms with van der Waals surface area (Å²) in [6.07, 6.45) is 7.45. The Kier molecular flexibility index (Phi) is 11.7. The lowest BCUT2D eigenvalue weighted by atomic mass is 9.99. The highest BCUT2D eigenvalue weighted by Crippen LogP contribution is 2.16. The first-order chi connectivity index (χ1) is 14.2. The van der Waals surface area contributed by atoms with Crippen LogP contribution in [-0.2, 0) is 4.79 Å². The van der Waals surface area contributed by atoms with E-state index in [1.165, 1.54) is 45.1 Å². The van der Waals surface area contributed by atoms with Crippen molar-refractivity contribution in [2.24, 2.45) is 10.9 Å². The summed E-state index contributed by atoms with van der Waals surface area (Å²) in [5, 5.41) is 3.49. The molecule has 0 radical (unpaired) electrons. The minimum atomic E-state index is 0. The molecule has 0 aromatic carbocycles. The van der Waals surface area contributed by atoms with Crippen LogP contribution >= 0.6 is 24.0 Å². The van der Waals surface area contributed by atoms with E-state index in [-0.39, 0.29) is 24.0 Å². The van der Waals surface area contributed by atoms with Crippen LogP contribution in [0, 0.1) is 5.92 Å². The Hall–Kier alpha value is -0.610. The fourth-order valence-electron chi connectivity index (χ4n) is 4.79. The molecule has 3 rings (SSSR count). The van der Waals surface area contributed by atoms with Crippen LogP contribution in [0.4, 0.5) is 0 Å². The maximum Gasteiger partial charge on any atom is 0.236 e. The van der Waals surface area contributed by atoms with Crippen LogP contribution in [0.1, 0.15) is 45.4 Å². The molecule has 0 aromatic heterocycles. The zero-order valence-corrected chi connectivity index (χ0v) is 21.5. The number of piperazine rings is 1. The second-order valence-corrected chi connectivity index (χ2v) is 9.02. The lowest BCUT2D eigenvalue weighted by Crippen LogP contribution is -2.54. The molecule has 0 aliphatic carbocycles. The number of hydrogen-bond acceptors (Lipinski definition) is 4. The van der Waals surface area contributed by atoms with Gasteiger partial charge in [-0.3, -0.25) is 14.7 Å². The summed E-state index contributed by atoms with van der Waals surface area (Å²) in [5.41, 5.74) is 0. The van der Waals surface area contributed by atoms with E-state index >= 15 is 0 Å². The van der Waals surface area contributed by atoms with Gasteiger partial charge in [-0.15, -0.1) is 24.0 Å². The van der Waals surface area contributed by atoms with Gasteiger partial charge in [-0.05, 0) is 52.1 Å². The highest BCUT2D eigenvalue weighted by molar-refractivity contribution is 14.0. The van der Waals surface area contributed by atoms with Gasteiger partial charge in [-0.25, -0.2) is 0 Å². The fourth-order valence-corrected chi connectivity index (χ4v) is 4.79. The van der Waals surface area contributed by atoms with Crippen molar-refractivity contribution in [1.82, 2.24) is 24.9 Å². The van der Waals surface area contributed by atoms with Crippen LogP contribution in [0.15, 0.2) is 4.99 Å². The molecular weight excluding hydrogens is 491 g/mol. The largest absolute Gasteiger partial charge is 0.357 e. The second-order valence-electron chi connectivity index (χ2n) is 9.02. The second kappa shape index (κ2) is 13.7. The van der Waals surface area contributed by atoms with Crippen molar-refractivity contribution in [3.63, 3.8) is 0 Å². The van der Waals surface area contributed by atoms with Crippen LogP contribution in [-0.4, -0.2) is 111 Å². The highest BCUT2D eigenvalue weighted by atomic mass is 127. The third kappa shape index (κ3) is 8.15. The molecule has 3 aliphatic heterocycles. The number of piperidine rings is 1. The van der Waals surface area contributed by atoms with Gasteiger partial charge in [0.05, 0.1) is 6.54 Å². The van der Waals surface area contributed by atoms with Gasteiger partial charge in [0.1, 0.15) is 0 Å². The molecule has 7 nitrogen and oxygen atoms in total. The smallest absolute Gasteiger partial charge is 0.236 e. The Morgan fingerprint density at radius 1 is 0.933 bits per heavy atom. The minimum absolute atomic E-state index is 0. The Balaban J connectivity index is 0.00000320. The highest BCUT2D eigenvalue weighted by Gasteiger charge is 2.24. The van der Waals surface area contributed by atoms with Gasteiger partial charge in [0, 0.05) is 58.9 Å². The summed E-state index contributed by atoms with van der Waals surface area (Å²) in [4.78, 5) is 26.9. The fraction of sp³-hybridized carbons (Fsp3) is 0.909. The number of likely N-dealkylation sites (tertiary alicyclic amines) is 2. The molecule has 1 amide bonds. The number of nitrogens with zero attached hydrogens (tertiary/aromatic N) is 5.